The van der Waals surface area contributed by atoms with Crippen LogP contribution in [0.25, 0.3) is 0 Å². The fraction of sp³-hybridized carbons (Fsp3) is 0.714. The summed E-state index contributed by atoms with van der Waals surface area (Å²) in [5.74, 6) is -0.238. The summed E-state index contributed by atoms with van der Waals surface area (Å²) in [4.78, 5) is 23.0. The van der Waals surface area contributed by atoms with Crippen LogP contribution in [0.3, 0.4) is 0 Å². The van der Waals surface area contributed by atoms with Gasteiger partial charge < -0.3 is 15.2 Å². The zero-order chi connectivity index (χ0) is 9.68. The minimum Gasteiger partial charge on any atom is -0.394 e. The summed E-state index contributed by atoms with van der Waals surface area (Å²) in [7, 11) is 0. The number of carbonyl (C=O) groups is 2. The number of amides is 3. The van der Waals surface area contributed by atoms with E-state index in [4.69, 9.17) is 9.84 Å². The van der Waals surface area contributed by atoms with E-state index >= 15 is 0 Å². The summed E-state index contributed by atoms with van der Waals surface area (Å²) in [6.45, 7) is 0.743. The van der Waals surface area contributed by atoms with E-state index in [0.29, 0.717) is 0 Å². The Morgan fingerprint density at radius 1 is 1.46 bits per heavy atom. The molecule has 0 aliphatic carbocycles. The lowest BCUT2D eigenvalue weighted by molar-refractivity contribution is -0.125. The molecule has 0 unspecified atom stereocenters. The van der Waals surface area contributed by atoms with E-state index in [-0.39, 0.29) is 44.8 Å². The Morgan fingerprint density at radius 2 is 2.23 bits per heavy atom. The third-order valence-corrected chi connectivity index (χ3v) is 1.63. The maximum Gasteiger partial charge on any atom is 0.324 e. The van der Waals surface area contributed by atoms with E-state index in [1.54, 1.807) is 0 Å². The van der Waals surface area contributed by atoms with E-state index < -0.39 is 0 Å². The number of carbonyl (C=O) groups excluding carboxylic acids is 2. The highest BCUT2D eigenvalue weighted by molar-refractivity contribution is 6.01. The molecule has 0 radical (unpaired) electrons. The summed E-state index contributed by atoms with van der Waals surface area (Å²) in [6.07, 6.45) is 0. The van der Waals surface area contributed by atoms with Crippen LogP contribution in [0.5, 0.6) is 0 Å². The first kappa shape index (κ1) is 9.94. The van der Waals surface area contributed by atoms with Crippen LogP contribution in [0, 0.1) is 0 Å². The fourth-order valence-electron chi connectivity index (χ4n) is 1.00. The van der Waals surface area contributed by atoms with Crippen molar-refractivity contribution in [1.29, 1.82) is 0 Å². The summed E-state index contributed by atoms with van der Waals surface area (Å²) in [5, 5.41) is 10.8. The number of hydrogen-bond donors (Lipinski definition) is 2. The van der Waals surface area contributed by atoms with E-state index in [1.165, 1.54) is 0 Å². The maximum absolute atomic E-state index is 11.0. The molecule has 0 bridgehead atoms. The SMILES string of the molecule is O=C1CNC(=O)N1CCOCCO. The number of urea groups is 1. The molecule has 0 atom stereocenters. The van der Waals surface area contributed by atoms with Crippen LogP contribution in [-0.2, 0) is 9.53 Å². The first-order valence-electron chi connectivity index (χ1n) is 4.02. The standard InChI is InChI=1S/C7H12N2O4/c10-2-4-13-3-1-9-6(11)5-8-7(9)12/h10H,1-5H2,(H,8,12). The molecule has 2 N–H and O–H groups in total. The summed E-state index contributed by atoms with van der Waals surface area (Å²) in [6, 6.07) is -0.377. The van der Waals surface area contributed by atoms with Gasteiger partial charge in [-0.15, -0.1) is 0 Å². The van der Waals surface area contributed by atoms with Crippen LogP contribution < -0.4 is 5.32 Å². The van der Waals surface area contributed by atoms with Gasteiger partial charge in [0.15, 0.2) is 0 Å². The van der Waals surface area contributed by atoms with Crippen molar-refractivity contribution in [3.05, 3.63) is 0 Å². The van der Waals surface area contributed by atoms with Gasteiger partial charge in [0.25, 0.3) is 0 Å². The number of nitrogens with one attached hydrogen (secondary N) is 1. The van der Waals surface area contributed by atoms with Gasteiger partial charge in [-0.05, 0) is 0 Å². The maximum atomic E-state index is 11.0. The molecule has 0 spiro atoms. The van der Waals surface area contributed by atoms with Crippen molar-refractivity contribution in [3.63, 3.8) is 0 Å². The Kier molecular flexibility index (Phi) is 3.66. The largest absolute Gasteiger partial charge is 0.394 e. The molecule has 1 aliphatic heterocycles. The van der Waals surface area contributed by atoms with Gasteiger partial charge in [0.05, 0.1) is 32.9 Å². The van der Waals surface area contributed by atoms with Gasteiger partial charge in [-0.1, -0.05) is 0 Å². The lowest BCUT2D eigenvalue weighted by atomic mass is 10.5. The third-order valence-electron chi connectivity index (χ3n) is 1.63. The lowest BCUT2D eigenvalue weighted by Gasteiger charge is -2.11. The molecule has 1 saturated heterocycles. The number of rotatable bonds is 5. The van der Waals surface area contributed by atoms with Gasteiger partial charge in [0, 0.05) is 0 Å². The molecular formula is C7H12N2O4. The monoisotopic (exact) mass is 188 g/mol. The number of imide groups is 1. The Balaban J connectivity index is 2.20. The minimum atomic E-state index is -0.377. The van der Waals surface area contributed by atoms with Crippen LogP contribution in [0.15, 0.2) is 0 Å². The molecule has 1 fully saturated rings. The highest BCUT2D eigenvalue weighted by atomic mass is 16.5. The van der Waals surface area contributed by atoms with Crippen molar-refractivity contribution in [2.24, 2.45) is 0 Å². The molecule has 6 heteroatoms. The first-order chi connectivity index (χ1) is 6.25. The highest BCUT2D eigenvalue weighted by Crippen LogP contribution is 1.97. The van der Waals surface area contributed by atoms with Crippen molar-refractivity contribution in [3.8, 4) is 0 Å². The number of nitrogens with zero attached hydrogens (tertiary/aromatic N) is 1. The average molecular weight is 188 g/mol. The lowest BCUT2D eigenvalue weighted by Crippen LogP contribution is -2.34. The Hall–Kier alpha value is -1.14. The normalized spacial score (nSPS) is 16.5. The fourth-order valence-corrected chi connectivity index (χ4v) is 1.00. The van der Waals surface area contributed by atoms with Gasteiger partial charge in [0.1, 0.15) is 0 Å². The molecule has 74 valence electrons. The molecule has 0 aromatic heterocycles. The molecular weight excluding hydrogens is 176 g/mol. The Labute approximate surface area is 75.5 Å². The highest BCUT2D eigenvalue weighted by Gasteiger charge is 2.27. The Bertz CT molecular complexity index is 191. The summed E-state index contributed by atoms with van der Waals surface area (Å²) >= 11 is 0. The second-order valence-electron chi connectivity index (χ2n) is 2.54. The van der Waals surface area contributed by atoms with Crippen molar-refractivity contribution in [2.45, 2.75) is 0 Å². The predicted molar refractivity (Wildman–Crippen MR) is 43.0 cm³/mol. The average Bonchev–Trinajstić information content (AvgIpc) is 2.42. The van der Waals surface area contributed by atoms with Gasteiger partial charge >= 0.3 is 6.03 Å². The van der Waals surface area contributed by atoms with E-state index in [2.05, 4.69) is 5.32 Å². The number of ether oxygens (including phenoxy) is 1. The van der Waals surface area contributed by atoms with Crippen molar-refractivity contribution in [2.75, 3.05) is 32.9 Å². The topological polar surface area (TPSA) is 78.9 Å². The summed E-state index contributed by atoms with van der Waals surface area (Å²) < 4.78 is 4.92. The summed E-state index contributed by atoms with van der Waals surface area (Å²) in [5.41, 5.74) is 0. The van der Waals surface area contributed by atoms with Gasteiger partial charge in [-0.25, -0.2) is 4.79 Å². The van der Waals surface area contributed by atoms with Gasteiger partial charge in [-0.2, -0.15) is 0 Å². The van der Waals surface area contributed by atoms with E-state index in [9.17, 15) is 9.59 Å². The molecule has 1 heterocycles. The van der Waals surface area contributed by atoms with Crippen molar-refractivity contribution in [1.82, 2.24) is 10.2 Å². The van der Waals surface area contributed by atoms with Crippen LogP contribution in [0.1, 0.15) is 0 Å². The van der Waals surface area contributed by atoms with Crippen molar-refractivity contribution >= 4 is 11.9 Å². The van der Waals surface area contributed by atoms with E-state index in [0.717, 1.165) is 4.90 Å². The Morgan fingerprint density at radius 3 is 2.77 bits per heavy atom. The van der Waals surface area contributed by atoms with Crippen LogP contribution in [0.4, 0.5) is 4.79 Å². The number of hydrogen-bond acceptors (Lipinski definition) is 4. The smallest absolute Gasteiger partial charge is 0.324 e. The molecule has 0 saturated carbocycles. The molecule has 3 amide bonds. The second-order valence-corrected chi connectivity index (χ2v) is 2.54. The van der Waals surface area contributed by atoms with Gasteiger partial charge in [0.2, 0.25) is 5.91 Å². The number of aliphatic hydroxyl groups is 1. The quantitative estimate of drug-likeness (QED) is 0.408. The molecule has 13 heavy (non-hydrogen) atoms. The molecule has 1 rings (SSSR count). The van der Waals surface area contributed by atoms with Gasteiger partial charge in [-0.3, -0.25) is 9.69 Å². The van der Waals surface area contributed by atoms with E-state index in [1.807, 2.05) is 0 Å². The van der Waals surface area contributed by atoms with Crippen LogP contribution in [0.2, 0.25) is 0 Å². The zero-order valence-corrected chi connectivity index (χ0v) is 7.15. The molecule has 1 aliphatic rings. The van der Waals surface area contributed by atoms with Crippen LogP contribution in [-0.4, -0.2) is 54.9 Å². The minimum absolute atomic E-state index is 0.0554. The number of aliphatic hydroxyl groups excluding tert-OH is 1. The predicted octanol–water partition coefficient (Wildman–Crippen LogP) is -1.45. The molecule has 0 aromatic carbocycles. The molecule has 6 nitrogen and oxygen atoms in total. The molecule has 0 aromatic rings. The third kappa shape index (κ3) is 2.67. The van der Waals surface area contributed by atoms with Crippen LogP contribution >= 0.6 is 0 Å². The zero-order valence-electron chi connectivity index (χ0n) is 7.15. The first-order valence-corrected chi connectivity index (χ1v) is 4.02. The second kappa shape index (κ2) is 4.78. The van der Waals surface area contributed by atoms with Crippen molar-refractivity contribution < 1.29 is 19.4 Å².